The second-order valence-electron chi connectivity index (χ2n) is 4.31. The topological polar surface area (TPSA) is 52.6 Å². The number of aliphatic hydroxyl groups is 1. The van der Waals surface area contributed by atoms with Crippen LogP contribution in [-0.4, -0.2) is 48.2 Å². The number of halogens is 2. The van der Waals surface area contributed by atoms with E-state index in [0.29, 0.717) is 28.1 Å². The van der Waals surface area contributed by atoms with Crippen LogP contribution in [0.25, 0.3) is 0 Å². The van der Waals surface area contributed by atoms with E-state index in [9.17, 15) is 9.90 Å². The van der Waals surface area contributed by atoms with E-state index in [1.165, 1.54) is 0 Å². The minimum Gasteiger partial charge on any atom is -0.390 e. The highest BCUT2D eigenvalue weighted by molar-refractivity contribution is 9.10. The molecular formula is C12H14BrClN2O2. The van der Waals surface area contributed by atoms with Crippen molar-refractivity contribution < 1.29 is 9.90 Å². The second kappa shape index (κ2) is 5.57. The van der Waals surface area contributed by atoms with E-state index in [1.807, 2.05) is 0 Å². The maximum atomic E-state index is 12.3. The van der Waals surface area contributed by atoms with Gasteiger partial charge in [-0.25, -0.2) is 0 Å². The summed E-state index contributed by atoms with van der Waals surface area (Å²) < 4.78 is 0.688. The fourth-order valence-electron chi connectivity index (χ4n) is 2.06. The van der Waals surface area contributed by atoms with Crippen LogP contribution in [0.15, 0.2) is 22.7 Å². The van der Waals surface area contributed by atoms with E-state index in [-0.39, 0.29) is 11.9 Å². The molecule has 0 saturated carbocycles. The Balaban J connectivity index is 2.23. The van der Waals surface area contributed by atoms with Gasteiger partial charge in [0.25, 0.3) is 5.91 Å². The first-order chi connectivity index (χ1) is 8.52. The van der Waals surface area contributed by atoms with E-state index in [0.717, 1.165) is 0 Å². The lowest BCUT2D eigenvalue weighted by Crippen LogP contribution is -2.44. The van der Waals surface area contributed by atoms with Crippen LogP contribution >= 0.6 is 27.5 Å². The Morgan fingerprint density at radius 2 is 2.28 bits per heavy atom. The van der Waals surface area contributed by atoms with E-state index < -0.39 is 6.10 Å². The van der Waals surface area contributed by atoms with Gasteiger partial charge in [0.15, 0.2) is 0 Å². The smallest absolute Gasteiger partial charge is 0.255 e. The quantitative estimate of drug-likeness (QED) is 0.862. The molecule has 6 heteroatoms. The highest BCUT2D eigenvalue weighted by Gasteiger charge is 2.32. The van der Waals surface area contributed by atoms with Crippen molar-refractivity contribution in [2.75, 3.05) is 20.1 Å². The molecule has 1 aliphatic heterocycles. The van der Waals surface area contributed by atoms with Crippen LogP contribution in [0.1, 0.15) is 10.4 Å². The molecule has 0 aromatic heterocycles. The van der Waals surface area contributed by atoms with Crippen LogP contribution in [-0.2, 0) is 0 Å². The van der Waals surface area contributed by atoms with Gasteiger partial charge in [0.1, 0.15) is 0 Å². The third kappa shape index (κ3) is 2.54. The first kappa shape index (κ1) is 13.8. The zero-order valence-corrected chi connectivity index (χ0v) is 12.2. The number of hydrogen-bond acceptors (Lipinski definition) is 3. The van der Waals surface area contributed by atoms with Crippen LogP contribution in [0.5, 0.6) is 0 Å². The van der Waals surface area contributed by atoms with Crippen LogP contribution in [0.2, 0.25) is 5.02 Å². The minimum absolute atomic E-state index is 0.186. The van der Waals surface area contributed by atoms with Gasteiger partial charge in [-0.3, -0.25) is 4.79 Å². The zero-order valence-electron chi connectivity index (χ0n) is 9.86. The fraction of sp³-hybridized carbons (Fsp3) is 0.417. The van der Waals surface area contributed by atoms with Crippen molar-refractivity contribution in [3.63, 3.8) is 0 Å². The third-order valence-corrected chi connectivity index (χ3v) is 4.45. The van der Waals surface area contributed by atoms with Crippen LogP contribution in [0.4, 0.5) is 0 Å². The van der Waals surface area contributed by atoms with Gasteiger partial charge in [-0.1, -0.05) is 17.7 Å². The summed E-state index contributed by atoms with van der Waals surface area (Å²) in [7, 11) is 1.68. The van der Waals surface area contributed by atoms with Crippen molar-refractivity contribution >= 4 is 33.4 Å². The average Bonchev–Trinajstić information content (AvgIpc) is 2.77. The molecule has 0 radical (unpaired) electrons. The van der Waals surface area contributed by atoms with Gasteiger partial charge in [0.2, 0.25) is 0 Å². The minimum atomic E-state index is -0.537. The van der Waals surface area contributed by atoms with Gasteiger partial charge in [-0.15, -0.1) is 0 Å². The number of aliphatic hydroxyl groups excluding tert-OH is 1. The largest absolute Gasteiger partial charge is 0.390 e. The molecule has 2 rings (SSSR count). The maximum absolute atomic E-state index is 12.3. The number of likely N-dealkylation sites (N-methyl/N-ethyl adjacent to an activating group) is 1. The van der Waals surface area contributed by atoms with Gasteiger partial charge in [-0.2, -0.15) is 0 Å². The maximum Gasteiger partial charge on any atom is 0.255 e. The molecule has 1 aliphatic rings. The van der Waals surface area contributed by atoms with Gasteiger partial charge in [-0.05, 0) is 28.1 Å². The Kier molecular flexibility index (Phi) is 4.27. The van der Waals surface area contributed by atoms with Crippen molar-refractivity contribution in [3.8, 4) is 0 Å². The van der Waals surface area contributed by atoms with Crippen molar-refractivity contribution in [2.45, 2.75) is 12.1 Å². The lowest BCUT2D eigenvalue weighted by atomic mass is 10.1. The van der Waals surface area contributed by atoms with E-state index in [1.54, 1.807) is 30.1 Å². The molecule has 1 amide bonds. The lowest BCUT2D eigenvalue weighted by Gasteiger charge is -2.26. The predicted octanol–water partition coefficient (Wildman–Crippen LogP) is 1.51. The number of nitrogens with one attached hydrogen (secondary N) is 1. The molecule has 1 aromatic rings. The number of benzene rings is 1. The molecule has 1 aromatic carbocycles. The van der Waals surface area contributed by atoms with Crippen molar-refractivity contribution in [3.05, 3.63) is 33.3 Å². The highest BCUT2D eigenvalue weighted by Crippen LogP contribution is 2.27. The lowest BCUT2D eigenvalue weighted by molar-refractivity contribution is 0.0581. The molecule has 98 valence electrons. The van der Waals surface area contributed by atoms with Gasteiger partial charge in [0, 0.05) is 24.6 Å². The summed E-state index contributed by atoms with van der Waals surface area (Å²) in [5.74, 6) is -0.186. The number of hydrogen-bond donors (Lipinski definition) is 2. The summed E-state index contributed by atoms with van der Waals surface area (Å²) in [6, 6.07) is 5.01. The molecule has 0 spiro atoms. The number of amides is 1. The highest BCUT2D eigenvalue weighted by atomic mass is 79.9. The molecule has 2 atom stereocenters. The summed E-state index contributed by atoms with van der Waals surface area (Å²) in [5.41, 5.74) is 0.438. The Bertz CT molecular complexity index is 469. The predicted molar refractivity (Wildman–Crippen MR) is 73.9 cm³/mol. The Hall–Kier alpha value is -0.620. The van der Waals surface area contributed by atoms with Crippen LogP contribution in [0, 0.1) is 0 Å². The van der Waals surface area contributed by atoms with Crippen molar-refractivity contribution in [2.24, 2.45) is 0 Å². The van der Waals surface area contributed by atoms with E-state index >= 15 is 0 Å². The molecule has 1 fully saturated rings. The van der Waals surface area contributed by atoms with E-state index in [2.05, 4.69) is 21.2 Å². The standard InChI is InChI=1S/C12H14BrClN2O2/c1-16(9-5-15-6-10(9)17)12(18)7-3-2-4-8(13)11(7)14/h2-4,9-10,15,17H,5-6H2,1H3/t9-,10-/m1/s1. The molecule has 1 heterocycles. The van der Waals surface area contributed by atoms with Gasteiger partial charge >= 0.3 is 0 Å². The number of carbonyl (C=O) groups is 1. The molecule has 18 heavy (non-hydrogen) atoms. The zero-order chi connectivity index (χ0) is 13.3. The summed E-state index contributed by atoms with van der Waals surface area (Å²) >= 11 is 9.40. The summed E-state index contributed by atoms with van der Waals surface area (Å²) in [5, 5.41) is 13.2. The van der Waals surface area contributed by atoms with Crippen LogP contribution in [0.3, 0.4) is 0 Å². The average molecular weight is 334 g/mol. The summed E-state index contributed by atoms with van der Waals surface area (Å²) in [4.78, 5) is 13.9. The number of rotatable bonds is 2. The van der Waals surface area contributed by atoms with Gasteiger partial charge < -0.3 is 15.3 Å². The normalized spacial score (nSPS) is 23.1. The van der Waals surface area contributed by atoms with Crippen molar-refractivity contribution in [1.82, 2.24) is 10.2 Å². The Labute approximate surface area is 119 Å². The molecule has 1 saturated heterocycles. The summed E-state index contributed by atoms with van der Waals surface area (Å²) in [6.45, 7) is 1.10. The summed E-state index contributed by atoms with van der Waals surface area (Å²) in [6.07, 6.45) is -0.537. The molecule has 0 unspecified atom stereocenters. The molecule has 2 N–H and O–H groups in total. The fourth-order valence-corrected chi connectivity index (χ4v) is 2.63. The van der Waals surface area contributed by atoms with Crippen LogP contribution < -0.4 is 5.32 Å². The Morgan fingerprint density at radius 1 is 1.56 bits per heavy atom. The molecule has 0 aliphatic carbocycles. The SMILES string of the molecule is CN(C(=O)c1cccc(Br)c1Cl)[C@@H]1CNC[C@H]1O. The molecule has 0 bridgehead atoms. The second-order valence-corrected chi connectivity index (χ2v) is 5.54. The first-order valence-electron chi connectivity index (χ1n) is 5.62. The number of β-amino-alcohol motifs (C(OH)–C–C–N with tert-alkyl or cyclic N) is 1. The number of nitrogens with zero attached hydrogens (tertiary/aromatic N) is 1. The van der Waals surface area contributed by atoms with Crippen molar-refractivity contribution in [1.29, 1.82) is 0 Å². The molecular weight excluding hydrogens is 320 g/mol. The molecule has 4 nitrogen and oxygen atoms in total. The van der Waals surface area contributed by atoms with E-state index in [4.69, 9.17) is 11.6 Å². The Morgan fingerprint density at radius 3 is 2.89 bits per heavy atom. The third-order valence-electron chi connectivity index (χ3n) is 3.15. The number of carbonyl (C=O) groups excluding carboxylic acids is 1. The monoisotopic (exact) mass is 332 g/mol. The van der Waals surface area contributed by atoms with Gasteiger partial charge in [0.05, 0.1) is 22.7 Å². The first-order valence-corrected chi connectivity index (χ1v) is 6.79.